The van der Waals surface area contributed by atoms with E-state index in [1.54, 1.807) is 0 Å². The van der Waals surface area contributed by atoms with Gasteiger partial charge in [-0.25, -0.2) is 4.98 Å². The zero-order valence-corrected chi connectivity index (χ0v) is 13.3. The average molecular weight is 263 g/mol. The molecule has 0 aliphatic rings. The van der Waals surface area contributed by atoms with Gasteiger partial charge in [-0.2, -0.15) is 0 Å². The molecule has 0 fully saturated rings. The second-order valence-corrected chi connectivity index (χ2v) is 5.87. The van der Waals surface area contributed by atoms with Crippen molar-refractivity contribution >= 4 is 5.82 Å². The van der Waals surface area contributed by atoms with Crippen LogP contribution in [0.3, 0.4) is 0 Å². The van der Waals surface area contributed by atoms with E-state index in [-0.39, 0.29) is 0 Å². The fourth-order valence-electron chi connectivity index (χ4n) is 2.01. The summed E-state index contributed by atoms with van der Waals surface area (Å²) in [4.78, 5) is 6.91. The SMILES string of the molecule is CCC(C)N(C)c1cc(CNCC(C)C)cc(C)n1. The van der Waals surface area contributed by atoms with Crippen LogP contribution in [0.1, 0.15) is 45.4 Å². The molecular weight excluding hydrogens is 234 g/mol. The number of anilines is 1. The van der Waals surface area contributed by atoms with Crippen LogP contribution in [0.5, 0.6) is 0 Å². The largest absolute Gasteiger partial charge is 0.357 e. The summed E-state index contributed by atoms with van der Waals surface area (Å²) in [5, 5.41) is 3.49. The third kappa shape index (κ3) is 5.19. The van der Waals surface area contributed by atoms with E-state index in [4.69, 9.17) is 0 Å². The van der Waals surface area contributed by atoms with Crippen LogP contribution in [0.25, 0.3) is 0 Å². The fourth-order valence-corrected chi connectivity index (χ4v) is 2.01. The van der Waals surface area contributed by atoms with Crippen LogP contribution in [0.15, 0.2) is 12.1 Å². The zero-order chi connectivity index (χ0) is 14.4. The number of aryl methyl sites for hydroxylation is 1. The van der Waals surface area contributed by atoms with E-state index >= 15 is 0 Å². The van der Waals surface area contributed by atoms with Gasteiger partial charge >= 0.3 is 0 Å². The van der Waals surface area contributed by atoms with Gasteiger partial charge in [0.25, 0.3) is 0 Å². The van der Waals surface area contributed by atoms with Crippen molar-refractivity contribution < 1.29 is 0 Å². The first kappa shape index (κ1) is 16.0. The summed E-state index contributed by atoms with van der Waals surface area (Å²) in [5.74, 6) is 1.76. The Hall–Kier alpha value is -1.09. The van der Waals surface area contributed by atoms with E-state index in [9.17, 15) is 0 Å². The van der Waals surface area contributed by atoms with Crippen LogP contribution in [0.2, 0.25) is 0 Å². The number of nitrogens with zero attached hydrogens (tertiary/aromatic N) is 2. The van der Waals surface area contributed by atoms with Gasteiger partial charge in [0.2, 0.25) is 0 Å². The zero-order valence-electron chi connectivity index (χ0n) is 13.3. The lowest BCUT2D eigenvalue weighted by Gasteiger charge is -2.25. The Morgan fingerprint density at radius 3 is 2.53 bits per heavy atom. The second-order valence-electron chi connectivity index (χ2n) is 5.87. The highest BCUT2D eigenvalue weighted by Crippen LogP contribution is 2.17. The van der Waals surface area contributed by atoms with Crippen molar-refractivity contribution in [1.29, 1.82) is 0 Å². The normalized spacial score (nSPS) is 12.8. The molecule has 1 unspecified atom stereocenters. The molecule has 1 atom stereocenters. The smallest absolute Gasteiger partial charge is 0.129 e. The fraction of sp³-hybridized carbons (Fsp3) is 0.688. The first-order chi connectivity index (χ1) is 8.93. The predicted molar refractivity (Wildman–Crippen MR) is 83.7 cm³/mol. The van der Waals surface area contributed by atoms with Crippen molar-refractivity contribution in [2.24, 2.45) is 5.92 Å². The molecule has 0 aliphatic carbocycles. The minimum atomic E-state index is 0.519. The second kappa shape index (κ2) is 7.49. The third-order valence-corrected chi connectivity index (χ3v) is 3.49. The van der Waals surface area contributed by atoms with Gasteiger partial charge in [0.1, 0.15) is 5.82 Å². The molecule has 0 spiro atoms. The highest BCUT2D eigenvalue weighted by atomic mass is 15.2. The number of hydrogen-bond donors (Lipinski definition) is 1. The summed E-state index contributed by atoms with van der Waals surface area (Å²) in [6.07, 6.45) is 1.13. The standard InChI is InChI=1S/C16H29N3/c1-7-14(5)19(6)16-9-15(8-13(4)18-16)11-17-10-12(2)3/h8-9,12,14,17H,7,10-11H2,1-6H3. The van der Waals surface area contributed by atoms with Crippen molar-refractivity contribution in [3.63, 3.8) is 0 Å². The van der Waals surface area contributed by atoms with E-state index in [1.807, 2.05) is 0 Å². The van der Waals surface area contributed by atoms with Gasteiger partial charge < -0.3 is 10.2 Å². The topological polar surface area (TPSA) is 28.2 Å². The average Bonchev–Trinajstić information content (AvgIpc) is 2.35. The summed E-state index contributed by atoms with van der Waals surface area (Å²) < 4.78 is 0. The van der Waals surface area contributed by atoms with Crippen molar-refractivity contribution in [2.75, 3.05) is 18.5 Å². The minimum absolute atomic E-state index is 0.519. The molecular formula is C16H29N3. The highest BCUT2D eigenvalue weighted by molar-refractivity contribution is 5.42. The summed E-state index contributed by atoms with van der Waals surface area (Å²) >= 11 is 0. The third-order valence-electron chi connectivity index (χ3n) is 3.49. The lowest BCUT2D eigenvalue weighted by Crippen LogP contribution is -2.29. The molecule has 108 valence electrons. The molecule has 3 heteroatoms. The molecule has 0 aliphatic heterocycles. The number of rotatable bonds is 7. The van der Waals surface area contributed by atoms with Crippen LogP contribution in [-0.2, 0) is 6.54 Å². The summed E-state index contributed by atoms with van der Waals surface area (Å²) in [7, 11) is 2.13. The van der Waals surface area contributed by atoms with Crippen molar-refractivity contribution in [3.05, 3.63) is 23.4 Å². The lowest BCUT2D eigenvalue weighted by molar-refractivity contribution is 0.552. The van der Waals surface area contributed by atoms with Gasteiger partial charge in [-0.05, 0) is 50.4 Å². The van der Waals surface area contributed by atoms with Crippen LogP contribution in [0, 0.1) is 12.8 Å². The van der Waals surface area contributed by atoms with Gasteiger partial charge in [0, 0.05) is 25.3 Å². The first-order valence-corrected chi connectivity index (χ1v) is 7.35. The van der Waals surface area contributed by atoms with Crippen LogP contribution >= 0.6 is 0 Å². The highest BCUT2D eigenvalue weighted by Gasteiger charge is 2.10. The van der Waals surface area contributed by atoms with Crippen molar-refractivity contribution in [1.82, 2.24) is 10.3 Å². The minimum Gasteiger partial charge on any atom is -0.357 e. The molecule has 1 rings (SSSR count). The molecule has 0 saturated heterocycles. The van der Waals surface area contributed by atoms with Crippen LogP contribution < -0.4 is 10.2 Å². The van der Waals surface area contributed by atoms with Gasteiger partial charge in [-0.3, -0.25) is 0 Å². The first-order valence-electron chi connectivity index (χ1n) is 7.35. The van der Waals surface area contributed by atoms with Crippen molar-refractivity contribution in [2.45, 2.75) is 53.6 Å². The number of nitrogens with one attached hydrogen (secondary N) is 1. The molecule has 1 aromatic heterocycles. The monoisotopic (exact) mass is 263 g/mol. The quantitative estimate of drug-likeness (QED) is 0.817. The van der Waals surface area contributed by atoms with Gasteiger partial charge in [-0.1, -0.05) is 20.8 Å². The van der Waals surface area contributed by atoms with E-state index in [0.717, 1.165) is 31.0 Å². The molecule has 3 nitrogen and oxygen atoms in total. The van der Waals surface area contributed by atoms with E-state index < -0.39 is 0 Å². The summed E-state index contributed by atoms with van der Waals surface area (Å²) in [5.41, 5.74) is 2.41. The Bertz CT molecular complexity index is 388. The number of aromatic nitrogens is 1. The van der Waals surface area contributed by atoms with E-state index in [2.05, 4.69) is 69.0 Å². The Labute approximate surface area is 118 Å². The molecule has 0 amide bonds. The van der Waals surface area contributed by atoms with Crippen LogP contribution in [0.4, 0.5) is 5.82 Å². The maximum Gasteiger partial charge on any atom is 0.129 e. The maximum absolute atomic E-state index is 4.64. The van der Waals surface area contributed by atoms with Crippen LogP contribution in [-0.4, -0.2) is 24.6 Å². The lowest BCUT2D eigenvalue weighted by atomic mass is 10.1. The molecule has 0 saturated carbocycles. The van der Waals surface area contributed by atoms with E-state index in [1.165, 1.54) is 5.56 Å². The molecule has 19 heavy (non-hydrogen) atoms. The molecule has 0 radical (unpaired) electrons. The Balaban J connectivity index is 2.76. The summed E-state index contributed by atoms with van der Waals surface area (Å²) in [6.45, 7) is 12.9. The molecule has 0 aromatic carbocycles. The van der Waals surface area contributed by atoms with Gasteiger partial charge in [-0.15, -0.1) is 0 Å². The van der Waals surface area contributed by atoms with Crippen molar-refractivity contribution in [3.8, 4) is 0 Å². The Kier molecular flexibility index (Phi) is 6.29. The molecule has 1 heterocycles. The summed E-state index contributed by atoms with van der Waals surface area (Å²) in [6, 6.07) is 4.89. The van der Waals surface area contributed by atoms with E-state index in [0.29, 0.717) is 12.0 Å². The Morgan fingerprint density at radius 1 is 1.26 bits per heavy atom. The number of hydrogen-bond acceptors (Lipinski definition) is 3. The maximum atomic E-state index is 4.64. The molecule has 1 N–H and O–H groups in total. The van der Waals surface area contributed by atoms with Gasteiger partial charge in [0.15, 0.2) is 0 Å². The molecule has 1 aromatic rings. The van der Waals surface area contributed by atoms with Gasteiger partial charge in [0.05, 0.1) is 0 Å². The Morgan fingerprint density at radius 2 is 1.95 bits per heavy atom. The predicted octanol–water partition coefficient (Wildman–Crippen LogP) is 3.37. The number of pyridine rings is 1. The molecule has 0 bridgehead atoms.